The Balaban J connectivity index is 1.89. The van der Waals surface area contributed by atoms with Crippen LogP contribution >= 0.6 is 0 Å². The summed E-state index contributed by atoms with van der Waals surface area (Å²) in [5.41, 5.74) is 3.37. The minimum atomic E-state index is -0.751. The molecule has 0 bridgehead atoms. The molecule has 0 radical (unpaired) electrons. The molecule has 1 aromatic carbocycles. The molecule has 25 heavy (non-hydrogen) atoms. The molecule has 0 saturated heterocycles. The van der Waals surface area contributed by atoms with Crippen molar-refractivity contribution in [3.8, 4) is 5.75 Å². The first kappa shape index (κ1) is 16.8. The fraction of sp³-hybridized carbons (Fsp3) is 0.278. The second-order valence-electron chi connectivity index (χ2n) is 5.41. The first-order valence-corrected chi connectivity index (χ1v) is 7.87. The standard InChI is InChI=1S/C18H18N2O5/c1-3-24-18(22)16-14(13-5-4-10-25-13)15(19-20-16)17(21)11-6-8-12(23-2)9-7-11/h4-10,14-15,19H,3H2,1-2H3. The predicted octanol–water partition coefficient (Wildman–Crippen LogP) is 2.15. The summed E-state index contributed by atoms with van der Waals surface area (Å²) >= 11 is 0. The number of nitrogens with one attached hydrogen (secondary N) is 1. The Hall–Kier alpha value is -3.09. The number of methoxy groups -OCH3 is 1. The monoisotopic (exact) mass is 342 g/mol. The largest absolute Gasteiger partial charge is 0.497 e. The van der Waals surface area contributed by atoms with Gasteiger partial charge in [-0.3, -0.25) is 10.2 Å². The lowest BCUT2D eigenvalue weighted by Crippen LogP contribution is -2.37. The van der Waals surface area contributed by atoms with Gasteiger partial charge in [-0.2, -0.15) is 5.10 Å². The van der Waals surface area contributed by atoms with Crippen molar-refractivity contribution in [1.29, 1.82) is 0 Å². The molecule has 2 atom stereocenters. The van der Waals surface area contributed by atoms with Gasteiger partial charge in [0.15, 0.2) is 11.5 Å². The van der Waals surface area contributed by atoms with E-state index in [2.05, 4.69) is 10.5 Å². The van der Waals surface area contributed by atoms with Crippen LogP contribution in [0.25, 0.3) is 0 Å². The van der Waals surface area contributed by atoms with E-state index in [0.29, 0.717) is 17.1 Å². The smallest absolute Gasteiger partial charge is 0.355 e. The third kappa shape index (κ3) is 3.26. The molecule has 1 aliphatic rings. The van der Waals surface area contributed by atoms with E-state index < -0.39 is 17.9 Å². The van der Waals surface area contributed by atoms with Crippen LogP contribution in [0.2, 0.25) is 0 Å². The van der Waals surface area contributed by atoms with E-state index in [-0.39, 0.29) is 18.1 Å². The molecule has 0 amide bonds. The number of benzene rings is 1. The van der Waals surface area contributed by atoms with E-state index >= 15 is 0 Å². The number of Topliss-reactive ketones (excluding diaryl/α,β-unsaturated/α-hetero) is 1. The summed E-state index contributed by atoms with van der Waals surface area (Å²) in [5, 5.41) is 4.04. The van der Waals surface area contributed by atoms with Gasteiger partial charge in [-0.1, -0.05) is 0 Å². The molecule has 3 rings (SSSR count). The molecular weight excluding hydrogens is 324 g/mol. The molecule has 2 unspecified atom stereocenters. The minimum Gasteiger partial charge on any atom is -0.497 e. The number of furan rings is 1. The van der Waals surface area contributed by atoms with Crippen molar-refractivity contribution in [1.82, 2.24) is 5.43 Å². The Morgan fingerprint density at radius 2 is 2.00 bits per heavy atom. The summed E-state index contributed by atoms with van der Waals surface area (Å²) in [7, 11) is 1.56. The molecule has 1 N–H and O–H groups in total. The number of ketones is 1. The van der Waals surface area contributed by atoms with Crippen molar-refractivity contribution in [2.75, 3.05) is 13.7 Å². The number of hydrogen-bond acceptors (Lipinski definition) is 7. The van der Waals surface area contributed by atoms with Gasteiger partial charge in [0.1, 0.15) is 17.6 Å². The molecule has 0 aliphatic carbocycles. The fourth-order valence-corrected chi connectivity index (χ4v) is 2.73. The number of rotatable bonds is 6. The third-order valence-electron chi connectivity index (χ3n) is 3.94. The number of hydrogen-bond donors (Lipinski definition) is 1. The van der Waals surface area contributed by atoms with Crippen LogP contribution in [0.4, 0.5) is 0 Å². The first-order valence-electron chi connectivity index (χ1n) is 7.87. The van der Waals surface area contributed by atoms with Gasteiger partial charge in [0.25, 0.3) is 0 Å². The summed E-state index contributed by atoms with van der Waals surface area (Å²) in [5.74, 6) is -0.289. The zero-order valence-corrected chi connectivity index (χ0v) is 13.9. The van der Waals surface area contributed by atoms with Gasteiger partial charge in [-0.15, -0.1) is 0 Å². The van der Waals surface area contributed by atoms with Crippen molar-refractivity contribution in [3.05, 3.63) is 54.0 Å². The van der Waals surface area contributed by atoms with E-state index in [9.17, 15) is 9.59 Å². The molecule has 2 heterocycles. The van der Waals surface area contributed by atoms with Gasteiger partial charge < -0.3 is 13.9 Å². The van der Waals surface area contributed by atoms with Crippen molar-refractivity contribution >= 4 is 17.5 Å². The van der Waals surface area contributed by atoms with Crippen LogP contribution in [0, 0.1) is 0 Å². The molecule has 0 saturated carbocycles. The van der Waals surface area contributed by atoms with Gasteiger partial charge >= 0.3 is 5.97 Å². The highest BCUT2D eigenvalue weighted by Gasteiger charge is 2.43. The lowest BCUT2D eigenvalue weighted by Gasteiger charge is -2.17. The van der Waals surface area contributed by atoms with Crippen LogP contribution in [-0.4, -0.2) is 37.2 Å². The van der Waals surface area contributed by atoms with Gasteiger partial charge in [0.2, 0.25) is 0 Å². The average molecular weight is 342 g/mol. The molecule has 1 aliphatic heterocycles. The number of nitrogens with zero attached hydrogens (tertiary/aromatic N) is 1. The average Bonchev–Trinajstić information content (AvgIpc) is 3.30. The Labute approximate surface area is 144 Å². The Morgan fingerprint density at radius 1 is 1.24 bits per heavy atom. The van der Waals surface area contributed by atoms with Crippen LogP contribution in [0.3, 0.4) is 0 Å². The summed E-state index contributed by atoms with van der Waals surface area (Å²) < 4.78 is 15.6. The van der Waals surface area contributed by atoms with Crippen molar-refractivity contribution in [3.63, 3.8) is 0 Å². The van der Waals surface area contributed by atoms with Crippen LogP contribution in [0.5, 0.6) is 5.75 Å². The van der Waals surface area contributed by atoms with Crippen molar-refractivity contribution in [2.24, 2.45) is 5.10 Å². The maximum atomic E-state index is 12.9. The van der Waals surface area contributed by atoms with E-state index in [1.54, 1.807) is 50.4 Å². The highest BCUT2D eigenvalue weighted by atomic mass is 16.5. The summed E-state index contributed by atoms with van der Waals surface area (Å²) in [6.07, 6.45) is 1.49. The zero-order valence-electron chi connectivity index (χ0n) is 13.9. The molecule has 0 spiro atoms. The van der Waals surface area contributed by atoms with Crippen LogP contribution in [-0.2, 0) is 9.53 Å². The zero-order chi connectivity index (χ0) is 17.8. The molecule has 7 heteroatoms. The molecular formula is C18H18N2O5. The van der Waals surface area contributed by atoms with Gasteiger partial charge in [0.05, 0.1) is 25.9 Å². The van der Waals surface area contributed by atoms with Crippen LogP contribution in [0.1, 0.15) is 29.0 Å². The quantitative estimate of drug-likeness (QED) is 0.639. The van der Waals surface area contributed by atoms with Crippen molar-refractivity contribution in [2.45, 2.75) is 18.9 Å². The second kappa shape index (κ2) is 7.21. The second-order valence-corrected chi connectivity index (χ2v) is 5.41. The number of ether oxygens (including phenoxy) is 2. The maximum Gasteiger partial charge on any atom is 0.355 e. The number of hydrazone groups is 1. The van der Waals surface area contributed by atoms with Gasteiger partial charge in [-0.05, 0) is 43.3 Å². The number of carbonyl (C=O) groups excluding carboxylic acids is 2. The molecule has 0 fully saturated rings. The van der Waals surface area contributed by atoms with Gasteiger partial charge in [0, 0.05) is 5.56 Å². The summed E-state index contributed by atoms with van der Waals surface area (Å²) in [6, 6.07) is 9.41. The van der Waals surface area contributed by atoms with E-state index in [4.69, 9.17) is 13.9 Å². The minimum absolute atomic E-state index is 0.128. The normalized spacial score (nSPS) is 19.0. The maximum absolute atomic E-state index is 12.9. The number of esters is 1. The third-order valence-corrected chi connectivity index (χ3v) is 3.94. The SMILES string of the molecule is CCOC(=O)C1=NNC(C(=O)c2ccc(OC)cc2)C1c1ccco1. The summed E-state index contributed by atoms with van der Waals surface area (Å²) in [4.78, 5) is 25.1. The highest BCUT2D eigenvalue weighted by Crippen LogP contribution is 2.29. The Kier molecular flexibility index (Phi) is 4.83. The Morgan fingerprint density at radius 3 is 2.60 bits per heavy atom. The fourth-order valence-electron chi connectivity index (χ4n) is 2.73. The molecule has 2 aromatic rings. The first-order chi connectivity index (χ1) is 12.2. The van der Waals surface area contributed by atoms with Gasteiger partial charge in [-0.25, -0.2) is 4.79 Å². The molecule has 7 nitrogen and oxygen atoms in total. The van der Waals surface area contributed by atoms with E-state index in [1.165, 1.54) is 6.26 Å². The van der Waals surface area contributed by atoms with Crippen LogP contribution < -0.4 is 10.2 Å². The van der Waals surface area contributed by atoms with Crippen molar-refractivity contribution < 1.29 is 23.5 Å². The van der Waals surface area contributed by atoms with E-state index in [1.807, 2.05) is 0 Å². The predicted molar refractivity (Wildman–Crippen MR) is 89.8 cm³/mol. The number of carbonyl (C=O) groups is 2. The summed E-state index contributed by atoms with van der Waals surface area (Å²) in [6.45, 7) is 1.93. The highest BCUT2D eigenvalue weighted by molar-refractivity contribution is 6.40. The lowest BCUT2D eigenvalue weighted by atomic mass is 9.88. The van der Waals surface area contributed by atoms with E-state index in [0.717, 1.165) is 0 Å². The van der Waals surface area contributed by atoms with Crippen LogP contribution in [0.15, 0.2) is 52.2 Å². The molecule has 1 aromatic heterocycles. The Bertz CT molecular complexity index is 780. The topological polar surface area (TPSA) is 90.1 Å². The molecule has 130 valence electrons. The lowest BCUT2D eigenvalue weighted by molar-refractivity contribution is -0.135.